The van der Waals surface area contributed by atoms with E-state index in [1.807, 2.05) is 54.6 Å². The summed E-state index contributed by atoms with van der Waals surface area (Å²) in [6, 6.07) is 18.3. The maximum Gasteiger partial charge on any atom is 0.318 e. The molecular formula is C25H31NO4. The van der Waals surface area contributed by atoms with Crippen molar-refractivity contribution in [2.45, 2.75) is 62.8 Å². The molecule has 0 aliphatic carbocycles. The number of carbonyl (C=O) groups is 1. The summed E-state index contributed by atoms with van der Waals surface area (Å²) in [5, 5.41) is 10.1. The van der Waals surface area contributed by atoms with Crippen LogP contribution in [-0.2, 0) is 21.6 Å². The van der Waals surface area contributed by atoms with E-state index in [4.69, 9.17) is 9.47 Å². The van der Waals surface area contributed by atoms with Gasteiger partial charge in [0, 0.05) is 12.1 Å². The fourth-order valence-electron chi connectivity index (χ4n) is 4.67. The van der Waals surface area contributed by atoms with Crippen LogP contribution in [0.1, 0.15) is 43.7 Å². The summed E-state index contributed by atoms with van der Waals surface area (Å²) in [5.41, 5.74) is 0.746. The molecule has 2 aromatic carbocycles. The van der Waals surface area contributed by atoms with Gasteiger partial charge in [-0.25, -0.2) is 0 Å². The number of carbonyl (C=O) groups excluding carboxylic acids is 1. The number of hydrogen-bond acceptors (Lipinski definition) is 5. The zero-order valence-corrected chi connectivity index (χ0v) is 17.8. The summed E-state index contributed by atoms with van der Waals surface area (Å²) in [5.74, 6) is 0.375. The van der Waals surface area contributed by atoms with Crippen LogP contribution in [-0.4, -0.2) is 47.8 Å². The Morgan fingerprint density at radius 3 is 2.30 bits per heavy atom. The first kappa shape index (κ1) is 20.9. The van der Waals surface area contributed by atoms with Gasteiger partial charge in [-0.2, -0.15) is 0 Å². The predicted octanol–water partition coefficient (Wildman–Crippen LogP) is 3.68. The molecule has 0 saturated carbocycles. The molecule has 1 unspecified atom stereocenters. The highest BCUT2D eigenvalue weighted by Gasteiger charge is 2.43. The maximum absolute atomic E-state index is 13.0. The summed E-state index contributed by atoms with van der Waals surface area (Å²) in [6.45, 7) is 1.94. The first-order chi connectivity index (χ1) is 14.5. The summed E-state index contributed by atoms with van der Waals surface area (Å²) in [7, 11) is 2.17. The lowest BCUT2D eigenvalue weighted by molar-refractivity contribution is -0.160. The van der Waals surface area contributed by atoms with Crippen LogP contribution in [0.3, 0.4) is 0 Å². The highest BCUT2D eigenvalue weighted by Crippen LogP contribution is 2.37. The summed E-state index contributed by atoms with van der Waals surface area (Å²) >= 11 is 0. The Balaban J connectivity index is 1.39. The second kappa shape index (κ2) is 8.78. The van der Waals surface area contributed by atoms with Crippen molar-refractivity contribution in [2.24, 2.45) is 0 Å². The van der Waals surface area contributed by atoms with Crippen molar-refractivity contribution in [3.63, 3.8) is 0 Å². The maximum atomic E-state index is 13.0. The van der Waals surface area contributed by atoms with Gasteiger partial charge in [-0.15, -0.1) is 0 Å². The molecule has 5 nitrogen and oxygen atoms in total. The van der Waals surface area contributed by atoms with E-state index in [0.717, 1.165) is 29.7 Å². The quantitative estimate of drug-likeness (QED) is 0.707. The molecule has 2 aliphatic rings. The van der Waals surface area contributed by atoms with E-state index in [0.29, 0.717) is 18.7 Å². The third-order valence-electron chi connectivity index (χ3n) is 6.84. The van der Waals surface area contributed by atoms with Crippen LogP contribution in [0.5, 0.6) is 5.75 Å². The van der Waals surface area contributed by atoms with Crippen molar-refractivity contribution < 1.29 is 19.4 Å². The van der Waals surface area contributed by atoms with Crippen LogP contribution >= 0.6 is 0 Å². The molecule has 0 radical (unpaired) electrons. The molecule has 2 saturated heterocycles. The Bertz CT molecular complexity index is 839. The molecule has 4 rings (SSSR count). The largest absolute Gasteiger partial charge is 0.489 e. The number of benzene rings is 2. The molecule has 5 heteroatoms. The molecular weight excluding hydrogens is 378 g/mol. The van der Waals surface area contributed by atoms with Crippen molar-refractivity contribution in [3.05, 3.63) is 65.7 Å². The number of fused-ring (bicyclic) bond motifs is 2. The molecule has 4 atom stereocenters. The molecule has 0 amide bonds. The zero-order valence-electron chi connectivity index (χ0n) is 17.8. The molecule has 0 aromatic heterocycles. The second-order valence-corrected chi connectivity index (χ2v) is 8.84. The molecule has 2 fully saturated rings. The number of nitrogens with zero attached hydrogens (tertiary/aromatic N) is 1. The molecule has 2 aliphatic heterocycles. The highest BCUT2D eigenvalue weighted by molar-refractivity contribution is 5.83. The summed E-state index contributed by atoms with van der Waals surface area (Å²) in [4.78, 5) is 15.5. The van der Waals surface area contributed by atoms with Crippen LogP contribution in [0.15, 0.2) is 54.6 Å². The number of aliphatic hydroxyl groups excluding tert-OH is 1. The monoisotopic (exact) mass is 409 g/mol. The van der Waals surface area contributed by atoms with Crippen LogP contribution in [0, 0.1) is 0 Å². The van der Waals surface area contributed by atoms with Gasteiger partial charge in [-0.1, -0.05) is 42.5 Å². The minimum absolute atomic E-state index is 0.0643. The van der Waals surface area contributed by atoms with Gasteiger partial charge < -0.3 is 19.5 Å². The Morgan fingerprint density at radius 2 is 1.70 bits per heavy atom. The molecule has 30 heavy (non-hydrogen) atoms. The smallest absolute Gasteiger partial charge is 0.318 e. The Hall–Kier alpha value is -2.37. The molecule has 2 aromatic rings. The third kappa shape index (κ3) is 4.23. The van der Waals surface area contributed by atoms with E-state index in [1.54, 1.807) is 6.92 Å². The van der Waals surface area contributed by atoms with Gasteiger partial charge in [0.05, 0.1) is 6.61 Å². The van der Waals surface area contributed by atoms with Crippen molar-refractivity contribution in [2.75, 3.05) is 13.7 Å². The lowest BCUT2D eigenvalue weighted by atomic mass is 9.83. The van der Waals surface area contributed by atoms with Crippen molar-refractivity contribution >= 4 is 5.97 Å². The lowest BCUT2D eigenvalue weighted by Gasteiger charge is -2.37. The number of aliphatic hydroxyl groups is 1. The van der Waals surface area contributed by atoms with Gasteiger partial charge >= 0.3 is 5.97 Å². The van der Waals surface area contributed by atoms with Gasteiger partial charge in [0.25, 0.3) is 0 Å². The van der Waals surface area contributed by atoms with E-state index in [-0.39, 0.29) is 18.7 Å². The van der Waals surface area contributed by atoms with Crippen LogP contribution in [0.25, 0.3) is 0 Å². The van der Waals surface area contributed by atoms with Crippen molar-refractivity contribution in [1.29, 1.82) is 0 Å². The number of hydrogen-bond donors (Lipinski definition) is 1. The lowest BCUT2D eigenvalue weighted by Crippen LogP contribution is -2.46. The van der Waals surface area contributed by atoms with Gasteiger partial charge in [0.1, 0.15) is 23.9 Å². The number of rotatable bonds is 7. The molecule has 2 heterocycles. The number of ether oxygens (including phenoxy) is 2. The Kier molecular flexibility index (Phi) is 6.11. The fourth-order valence-corrected chi connectivity index (χ4v) is 4.67. The predicted molar refractivity (Wildman–Crippen MR) is 115 cm³/mol. The molecule has 1 N–H and O–H groups in total. The van der Waals surface area contributed by atoms with E-state index < -0.39 is 5.41 Å². The van der Waals surface area contributed by atoms with Crippen molar-refractivity contribution in [3.8, 4) is 5.75 Å². The first-order valence-corrected chi connectivity index (χ1v) is 10.8. The van der Waals surface area contributed by atoms with Crippen LogP contribution < -0.4 is 4.74 Å². The van der Waals surface area contributed by atoms with E-state index in [1.165, 1.54) is 12.8 Å². The van der Waals surface area contributed by atoms with Gasteiger partial charge in [-0.3, -0.25) is 4.79 Å². The molecule has 0 spiro atoms. The average molecular weight is 410 g/mol. The van der Waals surface area contributed by atoms with Gasteiger partial charge in [0.2, 0.25) is 0 Å². The fraction of sp³-hybridized carbons (Fsp3) is 0.480. The minimum Gasteiger partial charge on any atom is -0.489 e. The SMILES string of the molecule is CN1[C@@H]2CC[C@H]1C[C@@H](OC(=O)C(C)(CO)c1ccc(OCc3ccccc3)cc1)C2. The second-order valence-electron chi connectivity index (χ2n) is 8.84. The highest BCUT2D eigenvalue weighted by atomic mass is 16.5. The van der Waals surface area contributed by atoms with E-state index in [2.05, 4.69) is 11.9 Å². The average Bonchev–Trinajstić information content (AvgIpc) is 2.98. The Labute approximate surface area is 178 Å². The van der Waals surface area contributed by atoms with Crippen molar-refractivity contribution in [1.82, 2.24) is 4.90 Å². The third-order valence-corrected chi connectivity index (χ3v) is 6.84. The van der Waals surface area contributed by atoms with Crippen LogP contribution in [0.2, 0.25) is 0 Å². The van der Waals surface area contributed by atoms with Gasteiger partial charge in [0.15, 0.2) is 0 Å². The van der Waals surface area contributed by atoms with Gasteiger partial charge in [-0.05, 0) is 62.9 Å². The number of piperidine rings is 1. The minimum atomic E-state index is -1.08. The first-order valence-electron chi connectivity index (χ1n) is 10.8. The zero-order chi connectivity index (χ0) is 21.1. The topological polar surface area (TPSA) is 59.0 Å². The Morgan fingerprint density at radius 1 is 1.07 bits per heavy atom. The molecule has 160 valence electrons. The number of esters is 1. The molecule has 2 bridgehead atoms. The van der Waals surface area contributed by atoms with Crippen LogP contribution in [0.4, 0.5) is 0 Å². The van der Waals surface area contributed by atoms with E-state index >= 15 is 0 Å². The van der Waals surface area contributed by atoms with E-state index in [9.17, 15) is 9.90 Å². The standard InChI is InChI=1S/C25H31NO4/c1-25(17-27,24(28)30-23-14-20-10-11-21(15-23)26(20)2)19-8-12-22(13-9-19)29-16-18-6-4-3-5-7-18/h3-9,12-13,20-21,23,27H,10-11,14-17H2,1-2H3/t20-,21+,23+,25?. The summed E-state index contributed by atoms with van der Waals surface area (Å²) in [6.07, 6.45) is 4.05. The summed E-state index contributed by atoms with van der Waals surface area (Å²) < 4.78 is 11.7. The normalized spacial score (nSPS) is 25.5.